The Balaban J connectivity index is 1.93. The van der Waals surface area contributed by atoms with Crippen LogP contribution in [0.2, 0.25) is 0 Å². The molecule has 0 atom stereocenters. The first-order chi connectivity index (χ1) is 12.3. The molecule has 0 aliphatic carbocycles. The van der Waals surface area contributed by atoms with Crippen LogP contribution in [-0.2, 0) is 16.6 Å². The molecule has 8 nitrogen and oxygen atoms in total. The van der Waals surface area contributed by atoms with Crippen LogP contribution in [0.1, 0.15) is 41.9 Å². The van der Waals surface area contributed by atoms with E-state index in [1.165, 1.54) is 7.11 Å². The molecule has 3 heterocycles. The highest BCUT2D eigenvalue weighted by Gasteiger charge is 2.31. The minimum atomic E-state index is -3.52. The summed E-state index contributed by atoms with van der Waals surface area (Å²) >= 11 is 0. The maximum atomic E-state index is 13.1. The number of rotatable bonds is 5. The van der Waals surface area contributed by atoms with Crippen molar-refractivity contribution in [3.63, 3.8) is 0 Å². The lowest BCUT2D eigenvalue weighted by Gasteiger charge is -2.26. The zero-order valence-electron chi connectivity index (χ0n) is 15.7. The van der Waals surface area contributed by atoms with Crippen molar-refractivity contribution < 1.29 is 13.2 Å². The average molecular weight is 379 g/mol. The minimum Gasteiger partial charge on any atom is -0.467 e. The van der Waals surface area contributed by atoms with E-state index in [-0.39, 0.29) is 0 Å². The van der Waals surface area contributed by atoms with Gasteiger partial charge in [0.05, 0.1) is 25.0 Å². The molecule has 0 aromatic carbocycles. The fourth-order valence-electron chi connectivity index (χ4n) is 3.33. The SMILES string of the molecule is COc1ncc(Cn2nc(C)c(S(=O)(=O)N3CCCCC3)c2C)c(C)n1. The van der Waals surface area contributed by atoms with Crippen molar-refractivity contribution >= 4 is 10.0 Å². The van der Waals surface area contributed by atoms with E-state index in [0.717, 1.165) is 30.5 Å². The lowest BCUT2D eigenvalue weighted by Crippen LogP contribution is -2.36. The first kappa shape index (κ1) is 18.8. The maximum Gasteiger partial charge on any atom is 0.316 e. The lowest BCUT2D eigenvalue weighted by atomic mass is 10.2. The first-order valence-corrected chi connectivity index (χ1v) is 10.2. The second-order valence-corrected chi connectivity index (χ2v) is 8.46. The summed E-state index contributed by atoms with van der Waals surface area (Å²) in [6.07, 6.45) is 4.60. The van der Waals surface area contributed by atoms with E-state index in [0.29, 0.717) is 41.9 Å². The van der Waals surface area contributed by atoms with E-state index in [1.54, 1.807) is 29.0 Å². The van der Waals surface area contributed by atoms with Gasteiger partial charge >= 0.3 is 6.01 Å². The summed E-state index contributed by atoms with van der Waals surface area (Å²) in [5, 5.41) is 4.47. The summed E-state index contributed by atoms with van der Waals surface area (Å²) in [6.45, 7) is 7.00. The van der Waals surface area contributed by atoms with E-state index in [4.69, 9.17) is 4.74 Å². The van der Waals surface area contributed by atoms with Gasteiger partial charge in [0.25, 0.3) is 0 Å². The molecule has 9 heteroatoms. The maximum absolute atomic E-state index is 13.1. The largest absolute Gasteiger partial charge is 0.467 e. The van der Waals surface area contributed by atoms with Crippen molar-refractivity contribution in [2.45, 2.75) is 51.5 Å². The zero-order chi connectivity index (χ0) is 18.9. The second-order valence-electron chi connectivity index (χ2n) is 6.59. The molecule has 0 amide bonds. The molecule has 0 bridgehead atoms. The molecule has 1 saturated heterocycles. The standard InChI is InChI=1S/C17H25N5O3S/c1-12-15(10-18-17(19-12)25-4)11-22-14(3)16(13(2)20-22)26(23,24)21-8-6-5-7-9-21/h10H,5-9,11H2,1-4H3. The fourth-order valence-corrected chi connectivity index (χ4v) is 5.22. The Hall–Kier alpha value is -2.00. The van der Waals surface area contributed by atoms with Crippen LogP contribution in [0.15, 0.2) is 11.1 Å². The van der Waals surface area contributed by atoms with Gasteiger partial charge in [-0.1, -0.05) is 6.42 Å². The Bertz CT molecular complexity index is 901. The molecule has 2 aromatic rings. The molecule has 0 spiro atoms. The summed E-state index contributed by atoms with van der Waals surface area (Å²) in [7, 11) is -2.00. The van der Waals surface area contributed by atoms with Gasteiger partial charge < -0.3 is 4.74 Å². The first-order valence-electron chi connectivity index (χ1n) is 8.75. The van der Waals surface area contributed by atoms with Crippen LogP contribution in [0.5, 0.6) is 6.01 Å². The van der Waals surface area contributed by atoms with Crippen LogP contribution in [0.25, 0.3) is 0 Å². The molecule has 0 N–H and O–H groups in total. The van der Waals surface area contributed by atoms with E-state index in [9.17, 15) is 8.42 Å². The van der Waals surface area contributed by atoms with Gasteiger partial charge in [0.1, 0.15) is 4.90 Å². The van der Waals surface area contributed by atoms with Crippen molar-refractivity contribution in [2.75, 3.05) is 20.2 Å². The molecule has 1 aliphatic heterocycles. The van der Waals surface area contributed by atoms with Gasteiger partial charge in [0, 0.05) is 30.5 Å². The van der Waals surface area contributed by atoms with Gasteiger partial charge in [-0.2, -0.15) is 9.40 Å². The normalized spacial score (nSPS) is 16.0. The van der Waals surface area contributed by atoms with Crippen molar-refractivity contribution in [3.8, 4) is 6.01 Å². The summed E-state index contributed by atoms with van der Waals surface area (Å²) in [6, 6.07) is 0.313. The minimum absolute atomic E-state index is 0.313. The van der Waals surface area contributed by atoms with E-state index in [2.05, 4.69) is 15.1 Å². The highest BCUT2D eigenvalue weighted by molar-refractivity contribution is 7.89. The fraction of sp³-hybridized carbons (Fsp3) is 0.588. The number of nitrogens with zero attached hydrogens (tertiary/aromatic N) is 5. The van der Waals surface area contributed by atoms with Crippen LogP contribution >= 0.6 is 0 Å². The third-order valence-corrected chi connectivity index (χ3v) is 6.94. The number of ether oxygens (including phenoxy) is 1. The van der Waals surface area contributed by atoms with Crippen molar-refractivity contribution in [2.24, 2.45) is 0 Å². The Morgan fingerprint density at radius 1 is 1.12 bits per heavy atom. The molecule has 1 aliphatic rings. The van der Waals surface area contributed by atoms with Crippen molar-refractivity contribution in [3.05, 3.63) is 28.8 Å². The predicted molar refractivity (Wildman–Crippen MR) is 96.7 cm³/mol. The Labute approximate surface area is 154 Å². The molecular weight excluding hydrogens is 354 g/mol. The second kappa shape index (κ2) is 7.32. The van der Waals surface area contributed by atoms with Gasteiger partial charge in [-0.15, -0.1) is 0 Å². The van der Waals surface area contributed by atoms with E-state index >= 15 is 0 Å². The number of piperidine rings is 1. The topological polar surface area (TPSA) is 90.2 Å². The number of hydrogen-bond acceptors (Lipinski definition) is 6. The van der Waals surface area contributed by atoms with E-state index in [1.807, 2.05) is 6.92 Å². The number of methoxy groups -OCH3 is 1. The molecule has 26 heavy (non-hydrogen) atoms. The monoisotopic (exact) mass is 379 g/mol. The molecule has 0 unspecified atom stereocenters. The third kappa shape index (κ3) is 3.45. The highest BCUT2D eigenvalue weighted by Crippen LogP contribution is 2.26. The number of sulfonamides is 1. The summed E-state index contributed by atoms with van der Waals surface area (Å²) < 4.78 is 34.5. The van der Waals surface area contributed by atoms with Crippen molar-refractivity contribution in [1.29, 1.82) is 0 Å². The van der Waals surface area contributed by atoms with Crippen LogP contribution in [-0.4, -0.2) is 52.7 Å². The third-order valence-electron chi connectivity index (χ3n) is 4.79. The van der Waals surface area contributed by atoms with Crippen LogP contribution < -0.4 is 4.74 Å². The van der Waals surface area contributed by atoms with Gasteiger partial charge in [0.15, 0.2) is 0 Å². The van der Waals surface area contributed by atoms with Crippen LogP contribution in [0.3, 0.4) is 0 Å². The van der Waals surface area contributed by atoms with Crippen LogP contribution in [0, 0.1) is 20.8 Å². The van der Waals surface area contributed by atoms with Crippen LogP contribution in [0.4, 0.5) is 0 Å². The quantitative estimate of drug-likeness (QED) is 0.787. The molecule has 0 radical (unpaired) electrons. The summed E-state index contributed by atoms with van der Waals surface area (Å²) in [5.74, 6) is 0. The highest BCUT2D eigenvalue weighted by atomic mass is 32.2. The van der Waals surface area contributed by atoms with Gasteiger partial charge in [-0.3, -0.25) is 4.68 Å². The molecule has 1 fully saturated rings. The van der Waals surface area contributed by atoms with Gasteiger partial charge in [-0.25, -0.2) is 18.4 Å². The molecule has 142 valence electrons. The predicted octanol–water partition coefficient (Wildman–Crippen LogP) is 1.83. The van der Waals surface area contributed by atoms with Crippen molar-refractivity contribution in [1.82, 2.24) is 24.1 Å². The Morgan fingerprint density at radius 3 is 2.42 bits per heavy atom. The number of aromatic nitrogens is 4. The summed E-state index contributed by atoms with van der Waals surface area (Å²) in [4.78, 5) is 8.73. The Morgan fingerprint density at radius 2 is 1.81 bits per heavy atom. The molecule has 0 saturated carbocycles. The average Bonchev–Trinajstić information content (AvgIpc) is 2.91. The number of hydrogen-bond donors (Lipinski definition) is 0. The Kier molecular flexibility index (Phi) is 5.29. The molecule has 3 rings (SSSR count). The number of aryl methyl sites for hydroxylation is 2. The summed E-state index contributed by atoms with van der Waals surface area (Å²) in [5.41, 5.74) is 2.83. The van der Waals surface area contributed by atoms with Gasteiger partial charge in [0.2, 0.25) is 10.0 Å². The van der Waals surface area contributed by atoms with E-state index < -0.39 is 10.0 Å². The molecular formula is C17H25N5O3S. The van der Waals surface area contributed by atoms with Gasteiger partial charge in [-0.05, 0) is 33.6 Å². The molecule has 2 aromatic heterocycles. The zero-order valence-corrected chi connectivity index (χ0v) is 16.5. The smallest absolute Gasteiger partial charge is 0.316 e. The lowest BCUT2D eigenvalue weighted by molar-refractivity contribution is 0.346.